The predicted octanol–water partition coefficient (Wildman–Crippen LogP) is 4.97. The molecule has 0 radical (unpaired) electrons. The second kappa shape index (κ2) is 7.96. The molecule has 19 heavy (non-hydrogen) atoms. The molecule has 0 aromatic carbocycles. The lowest BCUT2D eigenvalue weighted by Crippen LogP contribution is -2.09. The van der Waals surface area contributed by atoms with Gasteiger partial charge in [-0.05, 0) is 51.3 Å². The fourth-order valence-electron chi connectivity index (χ4n) is 2.08. The largest absolute Gasteiger partial charge is 0.200 e. The maximum atomic E-state index is 6.31. The van der Waals surface area contributed by atoms with Gasteiger partial charge in [0.15, 0.2) is 11.9 Å². The van der Waals surface area contributed by atoms with E-state index < -0.39 is 0 Å². The van der Waals surface area contributed by atoms with E-state index in [0.717, 1.165) is 30.1 Å². The molecule has 0 N–H and O–H groups in total. The number of halogens is 1. The highest BCUT2D eigenvalue weighted by Gasteiger charge is 2.14. The third-order valence-electron chi connectivity index (χ3n) is 3.21. The van der Waals surface area contributed by atoms with E-state index in [0.29, 0.717) is 0 Å². The van der Waals surface area contributed by atoms with Gasteiger partial charge in [0.1, 0.15) is 6.54 Å². The normalized spacial score (nSPS) is 19.4. The van der Waals surface area contributed by atoms with Gasteiger partial charge in [-0.15, -0.1) is 0 Å². The van der Waals surface area contributed by atoms with Crippen LogP contribution in [0.25, 0.3) is 0 Å². The third kappa shape index (κ3) is 4.36. The van der Waals surface area contributed by atoms with E-state index in [1.807, 2.05) is 32.2 Å². The van der Waals surface area contributed by atoms with Crippen molar-refractivity contribution < 1.29 is 4.58 Å². The SMILES string of the molecule is C=C(/C=C\C)/[N+](=C/C=C/C1=C(Cl)C(=C/C)/CC1)CC. The van der Waals surface area contributed by atoms with Crippen molar-refractivity contribution in [1.29, 1.82) is 0 Å². The number of allylic oxidation sites excluding steroid dienone is 8. The highest BCUT2D eigenvalue weighted by Crippen LogP contribution is 2.34. The maximum Gasteiger partial charge on any atom is 0.197 e. The Morgan fingerprint density at radius 1 is 1.37 bits per heavy atom. The smallest absolute Gasteiger partial charge is 0.197 e. The summed E-state index contributed by atoms with van der Waals surface area (Å²) < 4.78 is 2.11. The van der Waals surface area contributed by atoms with Gasteiger partial charge in [-0.25, -0.2) is 0 Å². The van der Waals surface area contributed by atoms with Crippen LogP contribution in [0, 0.1) is 0 Å². The van der Waals surface area contributed by atoms with Crippen LogP contribution in [0.5, 0.6) is 0 Å². The van der Waals surface area contributed by atoms with E-state index in [9.17, 15) is 0 Å². The zero-order valence-electron chi connectivity index (χ0n) is 12.1. The van der Waals surface area contributed by atoms with E-state index in [1.165, 1.54) is 11.1 Å². The first kappa shape index (κ1) is 15.7. The topological polar surface area (TPSA) is 3.01 Å². The van der Waals surface area contributed by atoms with Crippen molar-refractivity contribution in [2.45, 2.75) is 33.6 Å². The summed E-state index contributed by atoms with van der Waals surface area (Å²) in [4.78, 5) is 0. The molecule has 1 aliphatic carbocycles. The van der Waals surface area contributed by atoms with Crippen LogP contribution in [0.1, 0.15) is 33.6 Å². The first-order valence-electron chi connectivity index (χ1n) is 6.78. The zero-order chi connectivity index (χ0) is 14.3. The predicted molar refractivity (Wildman–Crippen MR) is 85.8 cm³/mol. The van der Waals surface area contributed by atoms with Crippen molar-refractivity contribution in [3.63, 3.8) is 0 Å². The van der Waals surface area contributed by atoms with Gasteiger partial charge < -0.3 is 0 Å². The fraction of sp³-hybridized carbons (Fsp3) is 0.353. The van der Waals surface area contributed by atoms with E-state index in [4.69, 9.17) is 11.6 Å². The number of likely N-dealkylation sites (N-methyl/N-ethyl adjacent to an activating group) is 1. The lowest BCUT2D eigenvalue weighted by Gasteiger charge is -1.97. The number of hydrogen-bond donors (Lipinski definition) is 0. The second-order valence-corrected chi connectivity index (χ2v) is 4.82. The van der Waals surface area contributed by atoms with E-state index >= 15 is 0 Å². The maximum absolute atomic E-state index is 6.31. The van der Waals surface area contributed by atoms with Crippen molar-refractivity contribution in [3.8, 4) is 0 Å². The van der Waals surface area contributed by atoms with E-state index in [2.05, 4.69) is 36.3 Å². The Kier molecular flexibility index (Phi) is 6.58. The molecular formula is C17H23ClN+. The average Bonchev–Trinajstić information content (AvgIpc) is 2.75. The Morgan fingerprint density at radius 2 is 2.11 bits per heavy atom. The molecule has 0 atom stereocenters. The second-order valence-electron chi connectivity index (χ2n) is 4.44. The minimum Gasteiger partial charge on any atom is -0.200 e. The summed E-state index contributed by atoms with van der Waals surface area (Å²) in [5.74, 6) is 0. The van der Waals surface area contributed by atoms with Crippen LogP contribution >= 0.6 is 11.6 Å². The average molecular weight is 277 g/mol. The summed E-state index contributed by atoms with van der Waals surface area (Å²) in [7, 11) is 0. The van der Waals surface area contributed by atoms with Gasteiger partial charge in [0.05, 0.1) is 0 Å². The van der Waals surface area contributed by atoms with Crippen LogP contribution in [0.3, 0.4) is 0 Å². The molecule has 0 heterocycles. The van der Waals surface area contributed by atoms with Crippen LogP contribution < -0.4 is 0 Å². The summed E-state index contributed by atoms with van der Waals surface area (Å²) in [6, 6.07) is 0. The number of nitrogens with zero attached hydrogens (tertiary/aromatic N) is 1. The van der Waals surface area contributed by atoms with Gasteiger partial charge in [0, 0.05) is 17.2 Å². The monoisotopic (exact) mass is 276 g/mol. The summed E-state index contributed by atoms with van der Waals surface area (Å²) in [6.45, 7) is 11.1. The highest BCUT2D eigenvalue weighted by molar-refractivity contribution is 6.32. The molecule has 0 saturated heterocycles. The summed E-state index contributed by atoms with van der Waals surface area (Å²) >= 11 is 6.31. The lowest BCUT2D eigenvalue weighted by molar-refractivity contribution is -0.461. The Labute approximate surface area is 122 Å². The molecule has 0 spiro atoms. The van der Waals surface area contributed by atoms with Gasteiger partial charge in [-0.2, -0.15) is 4.58 Å². The minimum absolute atomic E-state index is 0.903. The quantitative estimate of drug-likeness (QED) is 0.379. The molecule has 0 aliphatic heterocycles. The van der Waals surface area contributed by atoms with Crippen LogP contribution in [-0.4, -0.2) is 17.3 Å². The first-order chi connectivity index (χ1) is 9.13. The molecule has 0 aromatic heterocycles. The molecular weight excluding hydrogens is 254 g/mol. The highest BCUT2D eigenvalue weighted by atomic mass is 35.5. The molecule has 0 amide bonds. The van der Waals surface area contributed by atoms with Crippen LogP contribution in [0.2, 0.25) is 0 Å². The molecule has 0 aromatic rings. The zero-order valence-corrected chi connectivity index (χ0v) is 12.9. The molecule has 0 saturated carbocycles. The Bertz CT molecular complexity index is 487. The van der Waals surface area contributed by atoms with Crippen molar-refractivity contribution >= 4 is 17.8 Å². The van der Waals surface area contributed by atoms with Crippen LogP contribution in [0.4, 0.5) is 0 Å². The molecule has 1 aliphatic rings. The standard InChI is InChI=1S/C17H23ClN/c1-5-9-14(4)19(7-3)13-8-10-16-12-11-15(6-2)17(16)18/h5-6,8-10,13H,4,7,11-12H2,1-3H3/q+1/b9-5-,10-8+,15-6+,19-13+. The summed E-state index contributed by atoms with van der Waals surface area (Å²) in [5, 5.41) is 0.919. The van der Waals surface area contributed by atoms with E-state index in [1.54, 1.807) is 0 Å². The fourth-order valence-corrected chi connectivity index (χ4v) is 2.44. The molecule has 0 unspecified atom stereocenters. The summed E-state index contributed by atoms with van der Waals surface area (Å²) in [5.41, 5.74) is 3.47. The molecule has 1 rings (SSSR count). The van der Waals surface area contributed by atoms with Gasteiger partial charge in [0.2, 0.25) is 0 Å². The van der Waals surface area contributed by atoms with Crippen LogP contribution in [-0.2, 0) is 0 Å². The van der Waals surface area contributed by atoms with Crippen LogP contribution in [0.15, 0.2) is 58.8 Å². The lowest BCUT2D eigenvalue weighted by atomic mass is 10.2. The van der Waals surface area contributed by atoms with Gasteiger partial charge in [-0.3, -0.25) is 0 Å². The first-order valence-corrected chi connectivity index (χ1v) is 7.15. The number of rotatable bonds is 5. The van der Waals surface area contributed by atoms with Crippen molar-refractivity contribution in [2.24, 2.45) is 0 Å². The summed E-state index contributed by atoms with van der Waals surface area (Å²) in [6.07, 6.45) is 14.4. The minimum atomic E-state index is 0.903. The van der Waals surface area contributed by atoms with Gasteiger partial charge >= 0.3 is 0 Å². The molecule has 2 heteroatoms. The van der Waals surface area contributed by atoms with Gasteiger partial charge in [0.25, 0.3) is 0 Å². The Morgan fingerprint density at radius 3 is 2.63 bits per heavy atom. The molecule has 0 bridgehead atoms. The van der Waals surface area contributed by atoms with Crippen molar-refractivity contribution in [2.75, 3.05) is 6.54 Å². The van der Waals surface area contributed by atoms with Gasteiger partial charge in [-0.1, -0.05) is 29.8 Å². The van der Waals surface area contributed by atoms with E-state index in [-0.39, 0.29) is 0 Å². The molecule has 0 fully saturated rings. The molecule has 1 nitrogen and oxygen atoms in total. The number of hydrogen-bond acceptors (Lipinski definition) is 0. The third-order valence-corrected chi connectivity index (χ3v) is 3.69. The van der Waals surface area contributed by atoms with Crippen molar-refractivity contribution in [3.05, 3.63) is 58.8 Å². The Hall–Kier alpha value is -1.34. The molecule has 102 valence electrons. The van der Waals surface area contributed by atoms with Crippen molar-refractivity contribution in [1.82, 2.24) is 0 Å². The Balaban J connectivity index is 2.82.